The predicted octanol–water partition coefficient (Wildman–Crippen LogP) is 6.34. The van der Waals surface area contributed by atoms with E-state index < -0.39 is 28.8 Å². The van der Waals surface area contributed by atoms with Crippen molar-refractivity contribution >= 4 is 5.52 Å². The SMILES string of the molecule is CC.CC.CC.Cc1c(F)cc(F)c(-c2cc(F)c3cncnn23)c1F. The molecule has 0 radical (unpaired) electrons. The molecule has 7 heteroatoms. The molecule has 0 amide bonds. The zero-order valence-corrected chi connectivity index (χ0v) is 16.2. The molecule has 3 rings (SSSR count). The summed E-state index contributed by atoms with van der Waals surface area (Å²) in [6, 6.07) is 1.50. The molecule has 0 aliphatic heterocycles. The summed E-state index contributed by atoms with van der Waals surface area (Å²) in [7, 11) is 0. The second kappa shape index (κ2) is 11.2. The van der Waals surface area contributed by atoms with Crippen LogP contribution in [0, 0.1) is 30.2 Å². The average Bonchev–Trinajstić information content (AvgIpc) is 3.02. The highest BCUT2D eigenvalue weighted by atomic mass is 19.1. The van der Waals surface area contributed by atoms with E-state index in [1.165, 1.54) is 13.1 Å². The Kier molecular flexibility index (Phi) is 10.2. The smallest absolute Gasteiger partial charge is 0.152 e. The quantitative estimate of drug-likeness (QED) is 0.467. The van der Waals surface area contributed by atoms with Crippen molar-refractivity contribution in [1.82, 2.24) is 14.6 Å². The maximum absolute atomic E-state index is 14.1. The normalized spacial score (nSPS) is 9.35. The fourth-order valence-corrected chi connectivity index (χ4v) is 2.01. The molecule has 0 atom stereocenters. The van der Waals surface area contributed by atoms with E-state index >= 15 is 0 Å². The summed E-state index contributed by atoms with van der Waals surface area (Å²) in [5.74, 6) is -3.93. The summed E-state index contributed by atoms with van der Waals surface area (Å²) in [4.78, 5) is 3.64. The Labute approximate surface area is 151 Å². The molecule has 2 heterocycles. The molecule has 0 aliphatic rings. The highest BCUT2D eigenvalue weighted by Crippen LogP contribution is 2.31. The van der Waals surface area contributed by atoms with Crippen LogP contribution in [0.2, 0.25) is 0 Å². The number of hydrogen-bond acceptors (Lipinski definition) is 2. The minimum Gasteiger partial charge on any atom is -0.241 e. The zero-order chi connectivity index (χ0) is 20.4. The van der Waals surface area contributed by atoms with E-state index in [9.17, 15) is 17.6 Å². The summed E-state index contributed by atoms with van der Waals surface area (Å²) >= 11 is 0. The van der Waals surface area contributed by atoms with Gasteiger partial charge in [0, 0.05) is 17.7 Å². The third-order valence-corrected chi connectivity index (χ3v) is 3.05. The van der Waals surface area contributed by atoms with Crippen molar-refractivity contribution in [3.05, 3.63) is 53.5 Å². The van der Waals surface area contributed by atoms with Gasteiger partial charge in [-0.2, -0.15) is 5.10 Å². The fraction of sp³-hybridized carbons (Fsp3) is 0.368. The number of aromatic nitrogens is 3. The standard InChI is InChI=1S/C13H7F4N3.3C2H6/c1-6-7(14)2-9(16)12(13(6)17)10-3-8(15)11-4-18-5-19-20(10)11;3*1-2/h2-5H,1H3;3*1-2H3. The van der Waals surface area contributed by atoms with Crippen molar-refractivity contribution in [1.29, 1.82) is 0 Å². The van der Waals surface area contributed by atoms with Crippen LogP contribution < -0.4 is 0 Å². The Balaban J connectivity index is 0.000000948. The highest BCUT2D eigenvalue weighted by molar-refractivity contribution is 5.68. The molecule has 0 unspecified atom stereocenters. The van der Waals surface area contributed by atoms with E-state index in [4.69, 9.17) is 0 Å². The van der Waals surface area contributed by atoms with Gasteiger partial charge in [-0.15, -0.1) is 0 Å². The van der Waals surface area contributed by atoms with Crippen molar-refractivity contribution in [3.8, 4) is 11.3 Å². The van der Waals surface area contributed by atoms with Gasteiger partial charge < -0.3 is 0 Å². The molecule has 0 saturated carbocycles. The summed E-state index contributed by atoms with van der Waals surface area (Å²) in [6.45, 7) is 13.2. The number of benzene rings is 1. The van der Waals surface area contributed by atoms with Crippen LogP contribution in [0.5, 0.6) is 0 Å². The van der Waals surface area contributed by atoms with Gasteiger partial charge in [0.25, 0.3) is 0 Å². The molecule has 3 nitrogen and oxygen atoms in total. The maximum Gasteiger partial charge on any atom is 0.152 e. The lowest BCUT2D eigenvalue weighted by Gasteiger charge is -2.08. The first-order valence-corrected chi connectivity index (χ1v) is 8.62. The number of nitrogens with zero attached hydrogens (tertiary/aromatic N) is 3. The van der Waals surface area contributed by atoms with Crippen LogP contribution in [-0.2, 0) is 0 Å². The maximum atomic E-state index is 14.1. The number of rotatable bonds is 1. The fourth-order valence-electron chi connectivity index (χ4n) is 2.01. The largest absolute Gasteiger partial charge is 0.241 e. The molecule has 0 bridgehead atoms. The minimum atomic E-state index is -1.12. The third kappa shape index (κ3) is 4.59. The molecular formula is C19H25F4N3. The van der Waals surface area contributed by atoms with Gasteiger partial charge in [0.2, 0.25) is 0 Å². The van der Waals surface area contributed by atoms with Crippen molar-refractivity contribution < 1.29 is 17.6 Å². The predicted molar refractivity (Wildman–Crippen MR) is 97.0 cm³/mol. The van der Waals surface area contributed by atoms with E-state index in [0.717, 1.165) is 16.9 Å². The van der Waals surface area contributed by atoms with Crippen LogP contribution in [0.4, 0.5) is 17.6 Å². The van der Waals surface area contributed by atoms with Gasteiger partial charge in [0.15, 0.2) is 5.82 Å². The van der Waals surface area contributed by atoms with E-state index in [1.807, 2.05) is 41.5 Å². The lowest BCUT2D eigenvalue weighted by molar-refractivity contribution is 0.536. The molecule has 0 saturated heterocycles. The summed E-state index contributed by atoms with van der Waals surface area (Å²) in [5.41, 5.74) is -1.03. The van der Waals surface area contributed by atoms with Crippen LogP contribution in [0.25, 0.3) is 16.8 Å². The Morgan fingerprint density at radius 2 is 1.38 bits per heavy atom. The number of halogens is 4. The van der Waals surface area contributed by atoms with Crippen LogP contribution in [-0.4, -0.2) is 14.6 Å². The molecule has 0 spiro atoms. The lowest BCUT2D eigenvalue weighted by atomic mass is 10.1. The van der Waals surface area contributed by atoms with Crippen LogP contribution in [0.3, 0.4) is 0 Å². The van der Waals surface area contributed by atoms with Crippen LogP contribution in [0.15, 0.2) is 24.7 Å². The summed E-state index contributed by atoms with van der Waals surface area (Å²) in [6.07, 6.45) is 2.29. The van der Waals surface area contributed by atoms with Gasteiger partial charge in [-0.05, 0) is 6.92 Å². The zero-order valence-electron chi connectivity index (χ0n) is 16.2. The van der Waals surface area contributed by atoms with Gasteiger partial charge in [-0.1, -0.05) is 41.5 Å². The first kappa shape index (κ1) is 23.6. The first-order valence-electron chi connectivity index (χ1n) is 8.62. The third-order valence-electron chi connectivity index (χ3n) is 3.05. The Bertz CT molecular complexity index is 829. The van der Waals surface area contributed by atoms with E-state index in [-0.39, 0.29) is 16.8 Å². The average molecular weight is 371 g/mol. The van der Waals surface area contributed by atoms with Crippen molar-refractivity contribution in [3.63, 3.8) is 0 Å². The van der Waals surface area contributed by atoms with Gasteiger partial charge >= 0.3 is 0 Å². The monoisotopic (exact) mass is 371 g/mol. The van der Waals surface area contributed by atoms with Crippen LogP contribution in [0.1, 0.15) is 47.1 Å². The lowest BCUT2D eigenvalue weighted by Crippen LogP contribution is -2.01. The Morgan fingerprint density at radius 3 is 1.96 bits per heavy atom. The van der Waals surface area contributed by atoms with E-state index in [1.54, 1.807) is 0 Å². The van der Waals surface area contributed by atoms with Crippen molar-refractivity contribution in [2.45, 2.75) is 48.5 Å². The van der Waals surface area contributed by atoms with Gasteiger partial charge in [-0.3, -0.25) is 0 Å². The van der Waals surface area contributed by atoms with Gasteiger partial charge in [0.05, 0.1) is 17.5 Å². The van der Waals surface area contributed by atoms with Crippen molar-refractivity contribution in [2.24, 2.45) is 0 Å². The molecule has 3 aromatic rings. The topological polar surface area (TPSA) is 30.2 Å². The van der Waals surface area contributed by atoms with Gasteiger partial charge in [-0.25, -0.2) is 27.1 Å². The summed E-state index contributed by atoms with van der Waals surface area (Å²) < 4.78 is 55.9. The first-order chi connectivity index (χ1) is 12.5. The number of hydrogen-bond donors (Lipinski definition) is 0. The second-order valence-corrected chi connectivity index (χ2v) is 4.24. The minimum absolute atomic E-state index is 0.0247. The highest BCUT2D eigenvalue weighted by Gasteiger charge is 2.22. The Morgan fingerprint density at radius 1 is 0.808 bits per heavy atom. The molecule has 144 valence electrons. The molecule has 0 N–H and O–H groups in total. The Hall–Kier alpha value is -2.44. The molecule has 1 aromatic carbocycles. The molecule has 0 fully saturated rings. The van der Waals surface area contributed by atoms with E-state index in [0.29, 0.717) is 6.07 Å². The molecular weight excluding hydrogens is 346 g/mol. The van der Waals surface area contributed by atoms with Crippen molar-refractivity contribution in [2.75, 3.05) is 0 Å². The van der Waals surface area contributed by atoms with Gasteiger partial charge in [0.1, 0.15) is 29.3 Å². The van der Waals surface area contributed by atoms with E-state index in [2.05, 4.69) is 10.1 Å². The molecule has 26 heavy (non-hydrogen) atoms. The second-order valence-electron chi connectivity index (χ2n) is 4.24. The summed E-state index contributed by atoms with van der Waals surface area (Å²) in [5, 5.41) is 3.75. The van der Waals surface area contributed by atoms with Crippen LogP contribution >= 0.6 is 0 Å². The number of fused-ring (bicyclic) bond motifs is 1. The molecule has 0 aliphatic carbocycles. The molecule has 2 aromatic heterocycles.